The first kappa shape index (κ1) is 17.5. The number of fused-ring (bicyclic) bond motifs is 1. The number of aliphatic hydroxyl groups excluding tert-OH is 1. The van der Waals surface area contributed by atoms with E-state index in [1.54, 1.807) is 7.11 Å². The van der Waals surface area contributed by atoms with Gasteiger partial charge in [0.25, 0.3) is 0 Å². The van der Waals surface area contributed by atoms with E-state index < -0.39 is 6.10 Å². The molecule has 25 heavy (non-hydrogen) atoms. The number of nitrogens with zero attached hydrogens (tertiary/aromatic N) is 2. The molecule has 1 heterocycles. The summed E-state index contributed by atoms with van der Waals surface area (Å²) in [6.07, 6.45) is -0.644. The van der Waals surface area contributed by atoms with Crippen LogP contribution in [0.5, 0.6) is 5.75 Å². The number of aliphatic hydroxyl groups is 1. The van der Waals surface area contributed by atoms with Crippen molar-refractivity contribution in [2.45, 2.75) is 33.1 Å². The number of aromatic nitrogens is 2. The highest BCUT2D eigenvalue weighted by Crippen LogP contribution is 2.19. The fourth-order valence-electron chi connectivity index (χ4n) is 2.83. The smallest absolute Gasteiger partial charge is 0.136 e. The summed E-state index contributed by atoms with van der Waals surface area (Å²) in [6.45, 7) is 5.15. The lowest BCUT2D eigenvalue weighted by Crippen LogP contribution is -2.24. The van der Waals surface area contributed by atoms with Crippen LogP contribution in [0.4, 0.5) is 0 Å². The third-order valence-corrected chi connectivity index (χ3v) is 4.32. The minimum atomic E-state index is -0.644. The van der Waals surface area contributed by atoms with Gasteiger partial charge >= 0.3 is 0 Å². The van der Waals surface area contributed by atoms with Crippen LogP contribution >= 0.6 is 0 Å². The van der Waals surface area contributed by atoms with E-state index in [2.05, 4.69) is 11.9 Å². The first-order valence-corrected chi connectivity index (χ1v) is 8.39. The normalized spacial score (nSPS) is 12.5. The van der Waals surface area contributed by atoms with Crippen LogP contribution in [0.2, 0.25) is 0 Å². The van der Waals surface area contributed by atoms with Crippen molar-refractivity contribution in [2.24, 2.45) is 0 Å². The van der Waals surface area contributed by atoms with Gasteiger partial charge in [-0.1, -0.05) is 18.2 Å². The lowest BCUT2D eigenvalue weighted by molar-refractivity contribution is 0.0901. The van der Waals surface area contributed by atoms with Gasteiger partial charge in [-0.25, -0.2) is 4.98 Å². The van der Waals surface area contributed by atoms with Gasteiger partial charge in [0.2, 0.25) is 0 Å². The van der Waals surface area contributed by atoms with Gasteiger partial charge in [-0.15, -0.1) is 0 Å². The van der Waals surface area contributed by atoms with Gasteiger partial charge in [0.1, 0.15) is 30.9 Å². The van der Waals surface area contributed by atoms with Crippen molar-refractivity contribution in [1.29, 1.82) is 0 Å². The Morgan fingerprint density at radius 2 is 1.92 bits per heavy atom. The highest BCUT2D eigenvalue weighted by molar-refractivity contribution is 5.75. The molecule has 0 saturated carbocycles. The van der Waals surface area contributed by atoms with E-state index in [0.29, 0.717) is 13.2 Å². The molecule has 1 aromatic heterocycles. The van der Waals surface area contributed by atoms with Crippen molar-refractivity contribution in [2.75, 3.05) is 13.7 Å². The minimum Gasteiger partial charge on any atom is -0.491 e. The Labute approximate surface area is 147 Å². The van der Waals surface area contributed by atoms with Gasteiger partial charge in [0.15, 0.2) is 0 Å². The van der Waals surface area contributed by atoms with Gasteiger partial charge in [0, 0.05) is 7.11 Å². The lowest BCUT2D eigenvalue weighted by Gasteiger charge is -2.16. The third kappa shape index (κ3) is 4.00. The zero-order valence-corrected chi connectivity index (χ0v) is 14.9. The molecule has 0 aliphatic rings. The monoisotopic (exact) mass is 340 g/mol. The average Bonchev–Trinajstić information content (AvgIpc) is 2.94. The van der Waals surface area contributed by atoms with E-state index in [4.69, 9.17) is 9.47 Å². The van der Waals surface area contributed by atoms with E-state index >= 15 is 0 Å². The molecule has 132 valence electrons. The molecule has 3 rings (SSSR count). The molecule has 5 heteroatoms. The summed E-state index contributed by atoms with van der Waals surface area (Å²) in [5.41, 5.74) is 4.29. The molecule has 0 spiro atoms. The molecule has 0 unspecified atom stereocenters. The largest absolute Gasteiger partial charge is 0.491 e. The summed E-state index contributed by atoms with van der Waals surface area (Å²) in [5, 5.41) is 10.4. The Morgan fingerprint density at radius 3 is 2.68 bits per heavy atom. The van der Waals surface area contributed by atoms with Gasteiger partial charge < -0.3 is 19.1 Å². The highest BCUT2D eigenvalue weighted by Gasteiger charge is 2.14. The predicted molar refractivity (Wildman–Crippen MR) is 97.9 cm³/mol. The maximum Gasteiger partial charge on any atom is 0.136 e. The standard InChI is InChI=1S/C20H24N2O3/c1-14-8-9-17(10-15(14)2)25-12-16(23)11-22-19-7-5-4-6-18(19)21-20(22)13-24-3/h4-10,16,23H,11-13H2,1-3H3/t16-/m0/s1. The predicted octanol–water partition coefficient (Wildman–Crippen LogP) is 3.24. The number of imidazole rings is 1. The van der Waals surface area contributed by atoms with Crippen molar-refractivity contribution < 1.29 is 14.6 Å². The summed E-state index contributed by atoms with van der Waals surface area (Å²) in [6, 6.07) is 13.8. The number of ether oxygens (including phenoxy) is 2. The summed E-state index contributed by atoms with van der Waals surface area (Å²) in [7, 11) is 1.64. The molecule has 0 amide bonds. The van der Waals surface area contributed by atoms with Crippen molar-refractivity contribution in [3.05, 3.63) is 59.4 Å². The molecule has 2 aromatic carbocycles. The van der Waals surface area contributed by atoms with E-state index in [9.17, 15) is 5.11 Å². The van der Waals surface area contributed by atoms with Crippen LogP contribution in [0.15, 0.2) is 42.5 Å². The molecule has 0 bridgehead atoms. The van der Waals surface area contributed by atoms with Crippen LogP contribution in [-0.2, 0) is 17.9 Å². The summed E-state index contributed by atoms with van der Waals surface area (Å²) in [5.74, 6) is 1.57. The number of hydrogen-bond donors (Lipinski definition) is 1. The molecule has 1 atom stereocenters. The zero-order chi connectivity index (χ0) is 17.8. The van der Waals surface area contributed by atoms with Crippen LogP contribution in [0.3, 0.4) is 0 Å². The Balaban J connectivity index is 1.71. The summed E-state index contributed by atoms with van der Waals surface area (Å²) >= 11 is 0. The Kier molecular flexibility index (Phi) is 5.36. The molecular weight excluding hydrogens is 316 g/mol. The lowest BCUT2D eigenvalue weighted by atomic mass is 10.1. The van der Waals surface area contributed by atoms with Crippen molar-refractivity contribution >= 4 is 11.0 Å². The quantitative estimate of drug-likeness (QED) is 0.717. The average molecular weight is 340 g/mol. The molecule has 0 saturated heterocycles. The highest BCUT2D eigenvalue weighted by atomic mass is 16.5. The Bertz CT molecular complexity index is 857. The Hall–Kier alpha value is -2.37. The van der Waals surface area contributed by atoms with Crippen LogP contribution in [-0.4, -0.2) is 34.5 Å². The van der Waals surface area contributed by atoms with Gasteiger partial charge in [-0.2, -0.15) is 0 Å². The first-order chi connectivity index (χ1) is 12.1. The van der Waals surface area contributed by atoms with Gasteiger partial charge in [-0.3, -0.25) is 0 Å². The van der Waals surface area contributed by atoms with E-state index in [-0.39, 0.29) is 6.61 Å². The first-order valence-electron chi connectivity index (χ1n) is 8.39. The van der Waals surface area contributed by atoms with Crippen LogP contribution in [0.1, 0.15) is 17.0 Å². The Morgan fingerprint density at radius 1 is 1.12 bits per heavy atom. The van der Waals surface area contributed by atoms with Crippen molar-refractivity contribution in [3.63, 3.8) is 0 Å². The van der Waals surface area contributed by atoms with Crippen LogP contribution in [0.25, 0.3) is 11.0 Å². The number of para-hydroxylation sites is 2. The molecule has 0 aliphatic carbocycles. The molecular formula is C20H24N2O3. The van der Waals surface area contributed by atoms with Crippen molar-refractivity contribution in [3.8, 4) is 5.75 Å². The number of methoxy groups -OCH3 is 1. The van der Waals surface area contributed by atoms with Crippen LogP contribution < -0.4 is 4.74 Å². The maximum absolute atomic E-state index is 10.4. The molecule has 0 radical (unpaired) electrons. The zero-order valence-electron chi connectivity index (χ0n) is 14.9. The topological polar surface area (TPSA) is 56.5 Å². The second kappa shape index (κ2) is 7.68. The second-order valence-corrected chi connectivity index (χ2v) is 6.27. The van der Waals surface area contributed by atoms with E-state index in [1.165, 1.54) is 11.1 Å². The molecule has 5 nitrogen and oxygen atoms in total. The van der Waals surface area contributed by atoms with Gasteiger partial charge in [0.05, 0.1) is 17.6 Å². The van der Waals surface area contributed by atoms with E-state index in [0.717, 1.165) is 22.6 Å². The number of hydrogen-bond acceptors (Lipinski definition) is 4. The molecule has 0 aliphatic heterocycles. The molecule has 1 N–H and O–H groups in total. The number of benzene rings is 2. The summed E-state index contributed by atoms with van der Waals surface area (Å²) in [4.78, 5) is 4.58. The van der Waals surface area contributed by atoms with E-state index in [1.807, 2.05) is 54.0 Å². The fourth-order valence-corrected chi connectivity index (χ4v) is 2.83. The summed E-state index contributed by atoms with van der Waals surface area (Å²) < 4.78 is 13.0. The fraction of sp³-hybridized carbons (Fsp3) is 0.350. The molecule has 3 aromatic rings. The van der Waals surface area contributed by atoms with Gasteiger partial charge in [-0.05, 0) is 49.2 Å². The third-order valence-electron chi connectivity index (χ3n) is 4.32. The number of aryl methyl sites for hydroxylation is 2. The second-order valence-electron chi connectivity index (χ2n) is 6.27. The number of rotatable bonds is 7. The molecule has 0 fully saturated rings. The maximum atomic E-state index is 10.4. The minimum absolute atomic E-state index is 0.224. The van der Waals surface area contributed by atoms with Crippen molar-refractivity contribution in [1.82, 2.24) is 9.55 Å². The van der Waals surface area contributed by atoms with Crippen LogP contribution in [0, 0.1) is 13.8 Å². The SMILES string of the molecule is COCc1nc2ccccc2n1C[C@H](O)COc1ccc(C)c(C)c1.